The minimum absolute atomic E-state index is 0. The van der Waals surface area contributed by atoms with Gasteiger partial charge in [0.25, 0.3) is 5.56 Å². The molecule has 4 rings (SSSR count). The number of Topliss-reactive ketones (excluding diaryl/α,β-unsaturated/α-hetero) is 1. The van der Waals surface area contributed by atoms with E-state index in [0.717, 1.165) is 16.7 Å². The quantitative estimate of drug-likeness (QED) is 0.205. The average Bonchev–Trinajstić information content (AvgIpc) is 2.97. The van der Waals surface area contributed by atoms with Crippen molar-refractivity contribution in [3.05, 3.63) is 116 Å². The number of halogens is 4. The van der Waals surface area contributed by atoms with E-state index >= 15 is 0 Å². The van der Waals surface area contributed by atoms with Crippen molar-refractivity contribution < 1.29 is 45.6 Å². The van der Waals surface area contributed by atoms with Crippen molar-refractivity contribution in [1.29, 1.82) is 0 Å². The number of aryl methyl sites for hydroxylation is 1. The number of carbonyl (C=O) groups excluding carboxylic acids is 2. The summed E-state index contributed by atoms with van der Waals surface area (Å²) in [6.45, 7) is 3.20. The van der Waals surface area contributed by atoms with E-state index in [1.165, 1.54) is 16.7 Å². The molecule has 0 aliphatic carbocycles. The normalized spacial score (nSPS) is 12.2. The fourth-order valence-electron chi connectivity index (χ4n) is 4.44. The zero-order chi connectivity index (χ0) is 30.6. The summed E-state index contributed by atoms with van der Waals surface area (Å²) in [6.07, 6.45) is -4.46. The summed E-state index contributed by atoms with van der Waals surface area (Å²) in [5, 5.41) is 0.292. The number of aromatic nitrogens is 2. The molecule has 0 spiro atoms. The molecule has 0 fully saturated rings. The fraction of sp³-hybridized carbons (Fsp3) is 0.290. The van der Waals surface area contributed by atoms with Gasteiger partial charge in [0.1, 0.15) is 0 Å². The van der Waals surface area contributed by atoms with Gasteiger partial charge >= 0.3 is 17.8 Å². The molecule has 0 radical (unpaired) electrons. The summed E-state index contributed by atoms with van der Waals surface area (Å²) in [4.78, 5) is 51.3. The lowest BCUT2D eigenvalue weighted by Crippen LogP contribution is -3.00. The van der Waals surface area contributed by atoms with Crippen molar-refractivity contribution in [1.82, 2.24) is 9.13 Å². The third kappa shape index (κ3) is 7.79. The second-order valence-corrected chi connectivity index (χ2v) is 10.4. The minimum Gasteiger partial charge on any atom is -1.00 e. The van der Waals surface area contributed by atoms with Gasteiger partial charge in [-0.25, -0.2) is 9.59 Å². The van der Waals surface area contributed by atoms with Crippen molar-refractivity contribution in [3.8, 4) is 0 Å². The Morgan fingerprint density at radius 3 is 2.23 bits per heavy atom. The molecule has 1 unspecified atom stereocenters. The molecule has 0 saturated heterocycles. The lowest BCUT2D eigenvalue weighted by molar-refractivity contribution is -0.418. The van der Waals surface area contributed by atoms with E-state index in [2.05, 4.69) is 5.73 Å². The average molecular weight is 618 g/mol. The van der Waals surface area contributed by atoms with E-state index in [4.69, 9.17) is 4.74 Å². The molecular formula is C31H31ClF3N3O5. The predicted octanol–water partition coefficient (Wildman–Crippen LogP) is 0.469. The van der Waals surface area contributed by atoms with Gasteiger partial charge in [-0.15, -0.1) is 0 Å². The molecule has 3 aromatic carbocycles. The number of fused-ring (bicyclic) bond motifs is 1. The molecule has 1 heterocycles. The van der Waals surface area contributed by atoms with E-state index in [0.29, 0.717) is 27.6 Å². The highest BCUT2D eigenvalue weighted by atomic mass is 35.5. The molecule has 0 aliphatic rings. The Balaban J connectivity index is 0.00000506. The second-order valence-electron chi connectivity index (χ2n) is 10.4. The molecule has 43 heavy (non-hydrogen) atoms. The van der Waals surface area contributed by atoms with E-state index < -0.39 is 47.4 Å². The largest absolute Gasteiger partial charge is 1.00 e. The van der Waals surface area contributed by atoms with Crippen LogP contribution in [0.5, 0.6) is 0 Å². The lowest BCUT2D eigenvalue weighted by atomic mass is 10.1. The highest BCUT2D eigenvalue weighted by Crippen LogP contribution is 2.29. The number of quaternary nitrogens is 1. The number of para-hydroxylation sites is 1. The number of ketones is 1. The fourth-order valence-corrected chi connectivity index (χ4v) is 4.44. The summed E-state index contributed by atoms with van der Waals surface area (Å²) in [7, 11) is 0. The van der Waals surface area contributed by atoms with Gasteiger partial charge in [0.05, 0.1) is 23.0 Å². The number of benzene rings is 3. The Kier molecular flexibility index (Phi) is 10.7. The molecule has 8 nitrogen and oxygen atoms in total. The first-order chi connectivity index (χ1) is 19.9. The first-order valence-corrected chi connectivity index (χ1v) is 13.4. The summed E-state index contributed by atoms with van der Waals surface area (Å²) in [5.74, 6) is -0.970. The van der Waals surface area contributed by atoms with Crippen molar-refractivity contribution in [2.45, 2.75) is 45.6 Å². The van der Waals surface area contributed by atoms with Crippen LogP contribution in [-0.4, -0.2) is 33.5 Å². The molecular weight excluding hydrogens is 587 g/mol. The number of alkyl halides is 3. The topological polar surface area (TPSA) is 115 Å². The summed E-state index contributed by atoms with van der Waals surface area (Å²) >= 11 is 0. The van der Waals surface area contributed by atoms with Crippen LogP contribution in [0, 0.1) is 5.92 Å². The van der Waals surface area contributed by atoms with E-state index in [1.807, 2.05) is 13.8 Å². The van der Waals surface area contributed by atoms with E-state index in [-0.39, 0.29) is 37.8 Å². The molecule has 0 bridgehead atoms. The number of esters is 1. The van der Waals surface area contributed by atoms with Crippen LogP contribution in [0.4, 0.5) is 13.2 Å². The van der Waals surface area contributed by atoms with Gasteiger partial charge in [0.15, 0.2) is 18.4 Å². The van der Waals surface area contributed by atoms with Crippen LogP contribution in [0.3, 0.4) is 0 Å². The lowest BCUT2D eigenvalue weighted by Gasteiger charge is -2.15. The van der Waals surface area contributed by atoms with Crippen LogP contribution in [-0.2, 0) is 35.2 Å². The smallest absolute Gasteiger partial charge is 0.416 e. The summed E-state index contributed by atoms with van der Waals surface area (Å²) in [6, 6.07) is 17.3. The van der Waals surface area contributed by atoms with E-state index in [1.54, 1.807) is 48.5 Å². The molecule has 3 N–H and O–H groups in total. The van der Waals surface area contributed by atoms with Gasteiger partial charge in [-0.05, 0) is 35.7 Å². The molecule has 0 amide bonds. The predicted molar refractivity (Wildman–Crippen MR) is 150 cm³/mol. The maximum atomic E-state index is 13.5. The number of carbonyl (C=O) groups is 2. The van der Waals surface area contributed by atoms with Gasteiger partial charge in [0.2, 0.25) is 0 Å². The van der Waals surface area contributed by atoms with Gasteiger partial charge in [-0.3, -0.25) is 18.7 Å². The third-order valence-corrected chi connectivity index (χ3v) is 7.08. The van der Waals surface area contributed by atoms with Gasteiger partial charge in [-0.1, -0.05) is 68.4 Å². The van der Waals surface area contributed by atoms with Crippen molar-refractivity contribution in [2.75, 3.05) is 6.61 Å². The molecule has 0 saturated carbocycles. The van der Waals surface area contributed by atoms with Gasteiger partial charge in [-0.2, -0.15) is 13.2 Å². The minimum atomic E-state index is -4.50. The zero-order valence-electron chi connectivity index (χ0n) is 23.6. The molecule has 1 atom stereocenters. The van der Waals surface area contributed by atoms with E-state index in [9.17, 15) is 32.3 Å². The maximum absolute atomic E-state index is 13.5. The Morgan fingerprint density at radius 1 is 0.907 bits per heavy atom. The van der Waals surface area contributed by atoms with Crippen LogP contribution in [0.2, 0.25) is 0 Å². The number of hydrogen-bond donors (Lipinski definition) is 1. The first-order valence-electron chi connectivity index (χ1n) is 13.4. The van der Waals surface area contributed by atoms with Crippen molar-refractivity contribution in [2.24, 2.45) is 5.92 Å². The van der Waals surface area contributed by atoms with Gasteiger partial charge < -0.3 is 22.9 Å². The third-order valence-electron chi connectivity index (χ3n) is 7.08. The SMILES string of the molecule is CC(C)C([NH3+])C(=O)OCC(=O)c1ccc(Cn2c(=O)n(CCc3cccc(C(F)(F)F)c3)c(=O)c3ccccc32)cc1.[Cl-]. The number of rotatable bonds is 10. The summed E-state index contributed by atoms with van der Waals surface area (Å²) in [5.41, 5.74) is 3.54. The Hall–Kier alpha value is -4.22. The van der Waals surface area contributed by atoms with Gasteiger partial charge in [0, 0.05) is 18.0 Å². The Bertz CT molecular complexity index is 1730. The molecule has 0 aliphatic heterocycles. The van der Waals surface area contributed by atoms with Crippen molar-refractivity contribution >= 4 is 22.7 Å². The van der Waals surface area contributed by atoms with Crippen molar-refractivity contribution in [3.63, 3.8) is 0 Å². The Morgan fingerprint density at radius 2 is 1.58 bits per heavy atom. The summed E-state index contributed by atoms with van der Waals surface area (Å²) < 4.78 is 47.0. The second kappa shape index (κ2) is 13.8. The highest BCUT2D eigenvalue weighted by molar-refractivity contribution is 5.98. The number of hydrogen-bond acceptors (Lipinski definition) is 5. The van der Waals surface area contributed by atoms with Crippen LogP contribution in [0.25, 0.3) is 10.9 Å². The number of nitrogens with zero attached hydrogens (tertiary/aromatic N) is 2. The highest BCUT2D eigenvalue weighted by Gasteiger charge is 2.30. The molecule has 4 aromatic rings. The molecule has 1 aromatic heterocycles. The first kappa shape index (κ1) is 33.3. The van der Waals surface area contributed by atoms with Crippen LogP contribution in [0.15, 0.2) is 82.4 Å². The van der Waals surface area contributed by atoms with Crippen LogP contribution in [0.1, 0.15) is 40.9 Å². The standard InChI is InChI=1S/C31H30F3N3O5.ClH/c1-19(2)27(35)29(40)42-18-26(38)22-12-10-21(11-13-22)17-37-25-9-4-3-8-24(25)28(39)36(30(37)41)15-14-20-6-5-7-23(16-20)31(32,33)34;/h3-13,16,19,27H,14-15,17-18,35H2,1-2H3;1H. The number of ether oxygens (including phenoxy) is 1. The Labute approximate surface area is 251 Å². The zero-order valence-corrected chi connectivity index (χ0v) is 24.3. The maximum Gasteiger partial charge on any atom is 0.416 e. The van der Waals surface area contributed by atoms with Crippen LogP contribution >= 0.6 is 0 Å². The monoisotopic (exact) mass is 617 g/mol. The molecule has 228 valence electrons. The molecule has 12 heteroatoms. The van der Waals surface area contributed by atoms with Crippen LogP contribution < -0.4 is 29.4 Å².